The van der Waals surface area contributed by atoms with Gasteiger partial charge in [-0.25, -0.2) is 0 Å². The number of furan rings is 1. The van der Waals surface area contributed by atoms with Crippen molar-refractivity contribution < 1.29 is 19.4 Å². The fourth-order valence-electron chi connectivity index (χ4n) is 2.19. The average molecular weight is 289 g/mol. The zero-order chi connectivity index (χ0) is 15.4. The monoisotopic (exact) mass is 289 g/mol. The maximum Gasteiger partial charge on any atom is 0.251 e. The molecule has 0 spiro atoms. The maximum absolute atomic E-state index is 12.1. The molecule has 2 aromatic rings. The van der Waals surface area contributed by atoms with Crippen LogP contribution in [0.2, 0.25) is 0 Å². The zero-order valence-corrected chi connectivity index (χ0v) is 12.0. The number of phenolic OH excluding ortho intramolecular Hbond substituents is 1. The van der Waals surface area contributed by atoms with E-state index in [9.17, 15) is 15.0 Å². The van der Waals surface area contributed by atoms with E-state index in [1.165, 1.54) is 12.3 Å². The van der Waals surface area contributed by atoms with Crippen LogP contribution in [0.1, 0.15) is 41.1 Å². The first kappa shape index (κ1) is 15.1. The standard InChI is InChI=1S/C16H19NO4/c1-10-6-12(9-13(18)7-10)16(20)17-11(2)8-14(19)15-4-3-5-21-15/h3-7,9,11,14,18-19H,8H2,1-2H3,(H,17,20)/t11-,14+/m1/s1. The van der Waals surface area contributed by atoms with Gasteiger partial charge in [0.15, 0.2) is 0 Å². The largest absolute Gasteiger partial charge is 0.508 e. The minimum absolute atomic E-state index is 0.0587. The molecule has 3 N–H and O–H groups in total. The Bertz CT molecular complexity index is 586. The van der Waals surface area contributed by atoms with E-state index in [1.54, 1.807) is 38.1 Å². The second-order valence-corrected chi connectivity index (χ2v) is 5.20. The summed E-state index contributed by atoms with van der Waals surface area (Å²) in [6, 6.07) is 7.86. The molecular weight excluding hydrogens is 270 g/mol. The maximum atomic E-state index is 12.1. The highest BCUT2D eigenvalue weighted by molar-refractivity contribution is 5.94. The number of amides is 1. The van der Waals surface area contributed by atoms with Gasteiger partial charge >= 0.3 is 0 Å². The minimum atomic E-state index is -0.763. The number of aliphatic hydroxyl groups is 1. The summed E-state index contributed by atoms with van der Waals surface area (Å²) in [5, 5.41) is 22.3. The molecule has 5 heteroatoms. The summed E-state index contributed by atoms with van der Waals surface area (Å²) in [6.07, 6.45) is 1.08. The van der Waals surface area contributed by atoms with Crippen molar-refractivity contribution in [3.05, 3.63) is 53.5 Å². The smallest absolute Gasteiger partial charge is 0.251 e. The van der Waals surface area contributed by atoms with Crippen molar-refractivity contribution >= 4 is 5.91 Å². The second-order valence-electron chi connectivity index (χ2n) is 5.20. The number of nitrogens with one attached hydrogen (secondary N) is 1. The summed E-state index contributed by atoms with van der Waals surface area (Å²) < 4.78 is 5.12. The van der Waals surface area contributed by atoms with Gasteiger partial charge in [-0.1, -0.05) is 0 Å². The number of aliphatic hydroxyl groups excluding tert-OH is 1. The molecule has 0 aliphatic heterocycles. The molecule has 1 aromatic heterocycles. The van der Waals surface area contributed by atoms with Gasteiger partial charge in [-0.3, -0.25) is 4.79 Å². The van der Waals surface area contributed by atoms with Crippen LogP contribution in [-0.2, 0) is 0 Å². The lowest BCUT2D eigenvalue weighted by atomic mass is 10.1. The van der Waals surface area contributed by atoms with Crippen LogP contribution < -0.4 is 5.32 Å². The average Bonchev–Trinajstić information content (AvgIpc) is 2.91. The van der Waals surface area contributed by atoms with E-state index < -0.39 is 6.10 Å². The molecule has 1 heterocycles. The summed E-state index contributed by atoms with van der Waals surface area (Å²) in [7, 11) is 0. The molecule has 0 radical (unpaired) electrons. The topological polar surface area (TPSA) is 82.7 Å². The van der Waals surface area contributed by atoms with E-state index in [0.29, 0.717) is 17.7 Å². The highest BCUT2D eigenvalue weighted by Gasteiger charge is 2.17. The lowest BCUT2D eigenvalue weighted by Gasteiger charge is -2.17. The molecule has 21 heavy (non-hydrogen) atoms. The van der Waals surface area contributed by atoms with Crippen LogP contribution in [-0.4, -0.2) is 22.2 Å². The molecule has 0 aliphatic carbocycles. The summed E-state index contributed by atoms with van der Waals surface area (Å²) in [5.41, 5.74) is 1.20. The Hall–Kier alpha value is -2.27. The van der Waals surface area contributed by atoms with Gasteiger partial charge in [0.05, 0.1) is 6.26 Å². The molecule has 0 saturated carbocycles. The van der Waals surface area contributed by atoms with Crippen LogP contribution in [0.5, 0.6) is 5.75 Å². The second kappa shape index (κ2) is 6.45. The lowest BCUT2D eigenvalue weighted by Crippen LogP contribution is -2.33. The highest BCUT2D eigenvalue weighted by atomic mass is 16.4. The molecular formula is C16H19NO4. The number of rotatable bonds is 5. The van der Waals surface area contributed by atoms with E-state index in [2.05, 4.69) is 5.32 Å². The number of carbonyl (C=O) groups excluding carboxylic acids is 1. The predicted octanol–water partition coefficient (Wildman–Crippen LogP) is 2.54. The molecule has 5 nitrogen and oxygen atoms in total. The molecule has 1 amide bonds. The van der Waals surface area contributed by atoms with Gasteiger partial charge in [0.25, 0.3) is 5.91 Å². The molecule has 0 aliphatic rings. The fraction of sp³-hybridized carbons (Fsp3) is 0.312. The van der Waals surface area contributed by atoms with Gasteiger partial charge in [-0.05, 0) is 49.7 Å². The third-order valence-corrected chi connectivity index (χ3v) is 3.15. The number of phenols is 1. The van der Waals surface area contributed by atoms with E-state index in [1.807, 2.05) is 0 Å². The SMILES string of the molecule is Cc1cc(O)cc(C(=O)N[C@H](C)C[C@H](O)c2ccco2)c1. The quantitative estimate of drug-likeness (QED) is 0.790. The summed E-state index contributed by atoms with van der Waals surface area (Å²) in [6.45, 7) is 3.61. The minimum Gasteiger partial charge on any atom is -0.508 e. The Balaban J connectivity index is 1.95. The van der Waals surface area contributed by atoms with Crippen LogP contribution in [0.15, 0.2) is 41.0 Å². The van der Waals surface area contributed by atoms with E-state index in [0.717, 1.165) is 5.56 Å². The van der Waals surface area contributed by atoms with Crippen molar-refractivity contribution in [1.82, 2.24) is 5.32 Å². The Morgan fingerprint density at radius 1 is 1.38 bits per heavy atom. The van der Waals surface area contributed by atoms with Crippen LogP contribution in [0.3, 0.4) is 0 Å². The number of hydrogen-bond acceptors (Lipinski definition) is 4. The van der Waals surface area contributed by atoms with Crippen molar-refractivity contribution in [2.24, 2.45) is 0 Å². The normalized spacial score (nSPS) is 13.7. The van der Waals surface area contributed by atoms with Gasteiger partial charge in [0.1, 0.15) is 17.6 Å². The van der Waals surface area contributed by atoms with Crippen LogP contribution in [0, 0.1) is 6.92 Å². The summed E-state index contributed by atoms with van der Waals surface area (Å²) in [4.78, 5) is 12.1. The van der Waals surface area contributed by atoms with Gasteiger partial charge < -0.3 is 19.9 Å². The van der Waals surface area contributed by atoms with Gasteiger partial charge in [0.2, 0.25) is 0 Å². The first-order valence-corrected chi connectivity index (χ1v) is 6.78. The van der Waals surface area contributed by atoms with Gasteiger partial charge in [0, 0.05) is 18.0 Å². The number of carbonyl (C=O) groups is 1. The molecule has 2 atom stereocenters. The van der Waals surface area contributed by atoms with Crippen LogP contribution >= 0.6 is 0 Å². The lowest BCUT2D eigenvalue weighted by molar-refractivity contribution is 0.0902. The first-order valence-electron chi connectivity index (χ1n) is 6.78. The molecule has 0 bridgehead atoms. The third kappa shape index (κ3) is 4.10. The van der Waals surface area contributed by atoms with E-state index in [4.69, 9.17) is 4.42 Å². The van der Waals surface area contributed by atoms with Crippen molar-refractivity contribution in [2.45, 2.75) is 32.4 Å². The number of benzene rings is 1. The molecule has 0 unspecified atom stereocenters. The van der Waals surface area contributed by atoms with Crippen molar-refractivity contribution in [3.63, 3.8) is 0 Å². The van der Waals surface area contributed by atoms with E-state index in [-0.39, 0.29) is 17.7 Å². The summed E-state index contributed by atoms with van der Waals surface area (Å²) >= 11 is 0. The molecule has 2 rings (SSSR count). The Labute approximate surface area is 123 Å². The fourth-order valence-corrected chi connectivity index (χ4v) is 2.19. The van der Waals surface area contributed by atoms with Gasteiger partial charge in [-0.15, -0.1) is 0 Å². The first-order chi connectivity index (χ1) is 9.95. The predicted molar refractivity (Wildman–Crippen MR) is 78.1 cm³/mol. The Kier molecular flexibility index (Phi) is 4.65. The number of hydrogen-bond donors (Lipinski definition) is 3. The van der Waals surface area contributed by atoms with Crippen molar-refractivity contribution in [2.75, 3.05) is 0 Å². The number of aromatic hydroxyl groups is 1. The third-order valence-electron chi connectivity index (χ3n) is 3.15. The zero-order valence-electron chi connectivity index (χ0n) is 12.0. The van der Waals surface area contributed by atoms with Crippen molar-refractivity contribution in [3.8, 4) is 5.75 Å². The highest BCUT2D eigenvalue weighted by Crippen LogP contribution is 2.19. The molecule has 0 saturated heterocycles. The molecule has 1 aromatic carbocycles. The van der Waals surface area contributed by atoms with E-state index >= 15 is 0 Å². The molecule has 0 fully saturated rings. The Morgan fingerprint density at radius 2 is 2.14 bits per heavy atom. The van der Waals surface area contributed by atoms with Crippen molar-refractivity contribution in [1.29, 1.82) is 0 Å². The number of aryl methyl sites for hydroxylation is 1. The van der Waals surface area contributed by atoms with Gasteiger partial charge in [-0.2, -0.15) is 0 Å². The Morgan fingerprint density at radius 3 is 2.76 bits per heavy atom. The van der Waals surface area contributed by atoms with Crippen LogP contribution in [0.4, 0.5) is 0 Å². The molecule has 112 valence electrons. The summed E-state index contributed by atoms with van der Waals surface area (Å²) in [5.74, 6) is 0.251. The van der Waals surface area contributed by atoms with Crippen LogP contribution in [0.25, 0.3) is 0 Å².